The Hall–Kier alpha value is -2.24. The number of hydrogen-bond donors (Lipinski definition) is 3. The van der Waals surface area contributed by atoms with Crippen molar-refractivity contribution in [3.05, 3.63) is 0 Å². The van der Waals surface area contributed by atoms with Crippen molar-refractivity contribution in [1.82, 2.24) is 0 Å². The smallest absolute Gasteiger partial charge is 0.307 e. The van der Waals surface area contributed by atoms with E-state index in [-0.39, 0.29) is 116 Å². The fourth-order valence-corrected chi connectivity index (χ4v) is 9.80. The lowest BCUT2D eigenvalue weighted by Crippen LogP contribution is -2.49. The quantitative estimate of drug-likeness (QED) is 0.0421. The second-order valence-electron chi connectivity index (χ2n) is 17.7. The normalized spacial score (nSPS) is 27.5. The molecule has 320 valence electrons. The maximum absolute atomic E-state index is 13.3. The zero-order valence-corrected chi connectivity index (χ0v) is 35.9. The zero-order chi connectivity index (χ0) is 41.0. The third-order valence-corrected chi connectivity index (χ3v) is 13.7. The Balaban J connectivity index is 2.25. The fourth-order valence-electron chi connectivity index (χ4n) is 9.80. The van der Waals surface area contributed by atoms with Gasteiger partial charge in [0.15, 0.2) is 0 Å². The van der Waals surface area contributed by atoms with Gasteiger partial charge in [0.25, 0.3) is 0 Å². The van der Waals surface area contributed by atoms with Crippen LogP contribution in [0.1, 0.15) is 170 Å². The lowest BCUT2D eigenvalue weighted by molar-refractivity contribution is -0.166. The van der Waals surface area contributed by atoms with Crippen molar-refractivity contribution in [2.24, 2.45) is 57.6 Å². The van der Waals surface area contributed by atoms with Crippen LogP contribution in [0.15, 0.2) is 0 Å². The molecule has 0 heterocycles. The number of hydrogen-bond acceptors (Lipinski definition) is 11. The van der Waals surface area contributed by atoms with Crippen LogP contribution < -0.4 is 17.2 Å². The SMILES string of the molecule is CCCCCCCCCOC(=O)CC[C@@H](C)[C@H]1CC[C@@H](C)[C@]1(C)[C@H](C[C@@H](C)[C@@]1(C)CC[C@@H](OC(=O)CCN)CC1C[C@H](C)OC(=O)CCN)OC(=O)CCN. The van der Waals surface area contributed by atoms with Gasteiger partial charge in [0, 0.05) is 31.5 Å². The molecule has 0 bridgehead atoms. The molecule has 0 aliphatic heterocycles. The third-order valence-electron chi connectivity index (χ3n) is 13.7. The highest BCUT2D eigenvalue weighted by Crippen LogP contribution is 2.58. The van der Waals surface area contributed by atoms with E-state index in [2.05, 4.69) is 41.5 Å². The van der Waals surface area contributed by atoms with Gasteiger partial charge in [0.1, 0.15) is 12.2 Å². The maximum atomic E-state index is 13.3. The summed E-state index contributed by atoms with van der Waals surface area (Å²) in [6, 6.07) is 0. The summed E-state index contributed by atoms with van der Waals surface area (Å²) in [5.41, 5.74) is 16.5. The topological polar surface area (TPSA) is 183 Å². The number of ether oxygens (including phenoxy) is 4. The Labute approximate surface area is 334 Å². The molecule has 0 radical (unpaired) electrons. The predicted molar refractivity (Wildman–Crippen MR) is 218 cm³/mol. The van der Waals surface area contributed by atoms with Gasteiger partial charge in [-0.3, -0.25) is 19.2 Å². The molecule has 2 rings (SSSR count). The van der Waals surface area contributed by atoms with E-state index in [1.165, 1.54) is 32.1 Å². The van der Waals surface area contributed by atoms with Crippen molar-refractivity contribution in [2.45, 2.75) is 189 Å². The van der Waals surface area contributed by atoms with Crippen LogP contribution in [-0.2, 0) is 38.1 Å². The minimum atomic E-state index is -0.354. The Morgan fingerprint density at radius 3 is 1.98 bits per heavy atom. The maximum Gasteiger partial charge on any atom is 0.307 e. The first kappa shape index (κ1) is 48.9. The van der Waals surface area contributed by atoms with E-state index in [9.17, 15) is 19.2 Å². The summed E-state index contributed by atoms with van der Waals surface area (Å²) >= 11 is 0. The zero-order valence-electron chi connectivity index (χ0n) is 35.9. The van der Waals surface area contributed by atoms with Gasteiger partial charge in [-0.05, 0) is 99.7 Å². The van der Waals surface area contributed by atoms with Gasteiger partial charge in [-0.2, -0.15) is 0 Å². The molecule has 11 heteroatoms. The number of nitrogens with two attached hydrogens (primary N) is 3. The Bertz CT molecular complexity index is 1150. The van der Waals surface area contributed by atoms with Crippen molar-refractivity contribution < 1.29 is 38.1 Å². The van der Waals surface area contributed by atoms with Gasteiger partial charge in [-0.1, -0.05) is 80.1 Å². The first-order chi connectivity index (χ1) is 26.2. The minimum absolute atomic E-state index is 0.0728. The molecule has 11 nitrogen and oxygen atoms in total. The monoisotopic (exact) mass is 780 g/mol. The number of unbranched alkanes of at least 4 members (excludes halogenated alkanes) is 6. The predicted octanol–water partition coefficient (Wildman–Crippen LogP) is 7.77. The Kier molecular flexibility index (Phi) is 22.4. The molecule has 2 aliphatic rings. The van der Waals surface area contributed by atoms with Gasteiger partial charge in [-0.25, -0.2) is 0 Å². The molecule has 0 spiro atoms. The third kappa shape index (κ3) is 15.6. The molecule has 0 aromatic heterocycles. The molecular weight excluding hydrogens is 698 g/mol. The van der Waals surface area contributed by atoms with Gasteiger partial charge < -0.3 is 36.1 Å². The van der Waals surface area contributed by atoms with E-state index < -0.39 is 0 Å². The molecule has 2 aliphatic carbocycles. The van der Waals surface area contributed by atoms with Crippen LogP contribution in [0.4, 0.5) is 0 Å². The van der Waals surface area contributed by atoms with E-state index in [0.717, 1.165) is 44.9 Å². The van der Waals surface area contributed by atoms with Gasteiger partial charge >= 0.3 is 23.9 Å². The lowest BCUT2D eigenvalue weighted by Gasteiger charge is -2.51. The van der Waals surface area contributed by atoms with E-state index in [1.807, 2.05) is 6.92 Å². The van der Waals surface area contributed by atoms with Crippen molar-refractivity contribution in [1.29, 1.82) is 0 Å². The summed E-state index contributed by atoms with van der Waals surface area (Å²) in [7, 11) is 0. The molecule has 1 unspecified atom stereocenters. The van der Waals surface area contributed by atoms with Crippen molar-refractivity contribution in [2.75, 3.05) is 26.2 Å². The summed E-state index contributed by atoms with van der Waals surface area (Å²) in [5.74, 6) is -0.0379. The number of rotatable bonds is 27. The summed E-state index contributed by atoms with van der Waals surface area (Å²) < 4.78 is 23.8. The van der Waals surface area contributed by atoms with Crippen LogP contribution in [0.3, 0.4) is 0 Å². The van der Waals surface area contributed by atoms with Crippen molar-refractivity contribution in [3.63, 3.8) is 0 Å². The van der Waals surface area contributed by atoms with Crippen molar-refractivity contribution >= 4 is 23.9 Å². The average Bonchev–Trinajstić information content (AvgIpc) is 3.43. The van der Waals surface area contributed by atoms with Crippen LogP contribution in [0, 0.1) is 40.4 Å². The second kappa shape index (κ2) is 25.2. The number of carbonyl (C=O) groups is 4. The van der Waals surface area contributed by atoms with Crippen LogP contribution in [0.5, 0.6) is 0 Å². The molecular formula is C44H81N3O8. The van der Waals surface area contributed by atoms with Gasteiger partial charge in [-0.15, -0.1) is 0 Å². The average molecular weight is 780 g/mol. The van der Waals surface area contributed by atoms with Gasteiger partial charge in [0.2, 0.25) is 0 Å². The largest absolute Gasteiger partial charge is 0.466 e. The molecule has 10 atom stereocenters. The fraction of sp³-hybridized carbons (Fsp3) is 0.909. The number of esters is 4. The summed E-state index contributed by atoms with van der Waals surface area (Å²) in [6.07, 6.45) is 14.4. The van der Waals surface area contributed by atoms with Crippen LogP contribution in [0.2, 0.25) is 0 Å². The summed E-state index contributed by atoms with van der Waals surface area (Å²) in [4.78, 5) is 51.0. The van der Waals surface area contributed by atoms with Crippen LogP contribution >= 0.6 is 0 Å². The molecule has 0 amide bonds. The molecule has 2 fully saturated rings. The highest BCUT2D eigenvalue weighted by atomic mass is 16.6. The first-order valence-electron chi connectivity index (χ1n) is 22.0. The minimum Gasteiger partial charge on any atom is -0.466 e. The van der Waals surface area contributed by atoms with Crippen LogP contribution in [-0.4, -0.2) is 68.4 Å². The Morgan fingerprint density at radius 2 is 1.35 bits per heavy atom. The highest BCUT2D eigenvalue weighted by Gasteiger charge is 2.55. The lowest BCUT2D eigenvalue weighted by atomic mass is 9.56. The molecule has 55 heavy (non-hydrogen) atoms. The molecule has 0 saturated heterocycles. The van der Waals surface area contributed by atoms with Crippen molar-refractivity contribution in [3.8, 4) is 0 Å². The number of carbonyl (C=O) groups excluding carboxylic acids is 4. The van der Waals surface area contributed by atoms with E-state index in [4.69, 9.17) is 36.1 Å². The Morgan fingerprint density at radius 1 is 0.745 bits per heavy atom. The van der Waals surface area contributed by atoms with E-state index >= 15 is 0 Å². The molecule has 2 saturated carbocycles. The second-order valence-corrected chi connectivity index (χ2v) is 17.7. The van der Waals surface area contributed by atoms with Gasteiger partial charge in [0.05, 0.1) is 32.0 Å². The standard InChI is InChI=1S/C44H81N3O8/c1-8-9-10-11-12-13-14-27-52-39(48)18-15-31(2)37-17-16-32(3)44(37,7)38(55-42(51)22-26-47)28-33(4)43(6)23-19-36(54-41(50)21-25-46)30-35(43)29-34(5)53-40(49)20-24-45/h31-38H,8-30,45-47H2,1-7H3/t31-,32-,33-,34+,35?,36-,37-,38+,43-,44+/m1/s1. The highest BCUT2D eigenvalue weighted by molar-refractivity contribution is 5.70. The summed E-state index contributed by atoms with van der Waals surface area (Å²) in [5, 5.41) is 0. The summed E-state index contributed by atoms with van der Waals surface area (Å²) in [6.45, 7) is 16.7. The molecule has 0 aromatic rings. The van der Waals surface area contributed by atoms with E-state index in [0.29, 0.717) is 38.2 Å². The van der Waals surface area contributed by atoms with E-state index in [1.54, 1.807) is 0 Å². The van der Waals surface area contributed by atoms with Crippen LogP contribution in [0.25, 0.3) is 0 Å². The molecule has 6 N–H and O–H groups in total. The molecule has 0 aromatic carbocycles. The first-order valence-corrected chi connectivity index (χ1v) is 22.0.